The van der Waals surface area contributed by atoms with Crippen LogP contribution in [0.4, 0.5) is 8.78 Å². The van der Waals surface area contributed by atoms with Gasteiger partial charge in [0.2, 0.25) is 0 Å². The summed E-state index contributed by atoms with van der Waals surface area (Å²) in [6.45, 7) is 4.16. The first-order valence-electron chi connectivity index (χ1n) is 12.7. The quantitative estimate of drug-likeness (QED) is 0.451. The molecule has 36 heavy (non-hydrogen) atoms. The summed E-state index contributed by atoms with van der Waals surface area (Å²) in [6, 6.07) is 5.61. The first-order chi connectivity index (χ1) is 17.4. The van der Waals surface area contributed by atoms with Crippen molar-refractivity contribution in [3.63, 3.8) is 0 Å². The minimum absolute atomic E-state index is 0.0530. The van der Waals surface area contributed by atoms with Crippen LogP contribution in [0.15, 0.2) is 22.6 Å². The van der Waals surface area contributed by atoms with E-state index in [2.05, 4.69) is 20.2 Å². The molecule has 0 spiro atoms. The van der Waals surface area contributed by atoms with Crippen LogP contribution in [0.5, 0.6) is 5.19 Å². The molecule has 3 heterocycles. The SMILES string of the molecule is Cc1nc2ccc(C(=O)N[C@H]3CC[C@H](CCN4CCc5nc(OCC(F)F)sc5CC4)CC3)cc2o1. The van der Waals surface area contributed by atoms with E-state index in [4.69, 9.17) is 9.15 Å². The summed E-state index contributed by atoms with van der Waals surface area (Å²) in [6.07, 6.45) is 4.66. The molecule has 3 aromatic rings. The lowest BCUT2D eigenvalue weighted by molar-refractivity contribution is 0.0816. The summed E-state index contributed by atoms with van der Waals surface area (Å²) in [5.74, 6) is 1.22. The van der Waals surface area contributed by atoms with Gasteiger partial charge in [0.25, 0.3) is 17.5 Å². The number of carbonyl (C=O) groups excluding carboxylic acids is 1. The number of hydrogen-bond donors (Lipinski definition) is 1. The molecule has 0 atom stereocenters. The predicted molar refractivity (Wildman–Crippen MR) is 134 cm³/mol. The van der Waals surface area contributed by atoms with Crippen LogP contribution >= 0.6 is 11.3 Å². The molecule has 0 bridgehead atoms. The number of rotatable bonds is 8. The topological polar surface area (TPSA) is 80.5 Å². The first-order valence-corrected chi connectivity index (χ1v) is 13.5. The van der Waals surface area contributed by atoms with Gasteiger partial charge >= 0.3 is 0 Å². The van der Waals surface area contributed by atoms with E-state index in [0.29, 0.717) is 28.1 Å². The molecular formula is C26H32F2N4O3S. The maximum absolute atomic E-state index is 12.7. The summed E-state index contributed by atoms with van der Waals surface area (Å²) in [4.78, 5) is 25.1. The van der Waals surface area contributed by atoms with Crippen molar-refractivity contribution in [3.05, 3.63) is 40.2 Å². The maximum atomic E-state index is 12.7. The van der Waals surface area contributed by atoms with Crippen molar-refractivity contribution in [2.45, 2.75) is 64.3 Å². The Hall–Kier alpha value is -2.59. The number of oxazole rings is 1. The zero-order valence-electron chi connectivity index (χ0n) is 20.5. The third-order valence-electron chi connectivity index (χ3n) is 7.20. The van der Waals surface area contributed by atoms with E-state index in [-0.39, 0.29) is 11.9 Å². The molecular weight excluding hydrogens is 486 g/mol. The largest absolute Gasteiger partial charge is 0.464 e. The van der Waals surface area contributed by atoms with Crippen LogP contribution in [0.2, 0.25) is 0 Å². The van der Waals surface area contributed by atoms with E-state index in [9.17, 15) is 13.6 Å². The summed E-state index contributed by atoms with van der Waals surface area (Å²) < 4.78 is 35.4. The summed E-state index contributed by atoms with van der Waals surface area (Å²) >= 11 is 1.41. The molecule has 1 aliphatic carbocycles. The molecule has 0 radical (unpaired) electrons. The molecule has 1 N–H and O–H groups in total. The van der Waals surface area contributed by atoms with Gasteiger partial charge in [-0.1, -0.05) is 11.3 Å². The van der Waals surface area contributed by atoms with Crippen LogP contribution in [0, 0.1) is 12.8 Å². The Morgan fingerprint density at radius 3 is 2.83 bits per heavy atom. The van der Waals surface area contributed by atoms with Gasteiger partial charge in [-0.2, -0.15) is 0 Å². The minimum atomic E-state index is -2.48. The molecule has 10 heteroatoms. The fourth-order valence-electron chi connectivity index (χ4n) is 5.22. The number of amides is 1. The minimum Gasteiger partial charge on any atom is -0.464 e. The average Bonchev–Trinajstić information content (AvgIpc) is 3.38. The summed E-state index contributed by atoms with van der Waals surface area (Å²) in [5, 5.41) is 3.57. The Labute approximate surface area is 213 Å². The molecule has 7 nitrogen and oxygen atoms in total. The van der Waals surface area contributed by atoms with Gasteiger partial charge < -0.3 is 19.4 Å². The smallest absolute Gasteiger partial charge is 0.273 e. The number of alkyl halides is 2. The lowest BCUT2D eigenvalue weighted by Gasteiger charge is -2.30. The van der Waals surface area contributed by atoms with Crippen molar-refractivity contribution in [3.8, 4) is 5.19 Å². The Bertz CT molecular complexity index is 1160. The number of thiazole rings is 1. The van der Waals surface area contributed by atoms with Crippen molar-refractivity contribution in [1.82, 2.24) is 20.2 Å². The van der Waals surface area contributed by atoms with Crippen LogP contribution in [0.1, 0.15) is 58.9 Å². The molecule has 1 aromatic carbocycles. The number of ether oxygens (including phenoxy) is 1. The number of nitrogens with one attached hydrogen (secondary N) is 1. The van der Waals surface area contributed by atoms with Crippen molar-refractivity contribution in [1.29, 1.82) is 0 Å². The molecule has 2 aromatic heterocycles. The summed E-state index contributed by atoms with van der Waals surface area (Å²) in [5.41, 5.74) is 3.02. The number of benzene rings is 1. The molecule has 1 saturated carbocycles. The van der Waals surface area contributed by atoms with E-state index in [1.807, 2.05) is 6.07 Å². The molecule has 2 aliphatic rings. The van der Waals surface area contributed by atoms with E-state index in [1.54, 1.807) is 19.1 Å². The predicted octanol–water partition coefficient (Wildman–Crippen LogP) is 5.02. The molecule has 5 rings (SSSR count). The third kappa shape index (κ3) is 6.21. The maximum Gasteiger partial charge on any atom is 0.273 e. The van der Waals surface area contributed by atoms with Gasteiger partial charge in [0.15, 0.2) is 18.1 Å². The number of halogens is 2. The van der Waals surface area contributed by atoms with Gasteiger partial charge in [0.05, 0.1) is 5.69 Å². The molecule has 1 amide bonds. The van der Waals surface area contributed by atoms with Crippen LogP contribution in [-0.4, -0.2) is 59.5 Å². The number of aryl methyl sites for hydroxylation is 1. The normalized spacial score (nSPS) is 20.9. The zero-order chi connectivity index (χ0) is 25.1. The summed E-state index contributed by atoms with van der Waals surface area (Å²) in [7, 11) is 0. The Balaban J connectivity index is 1.03. The van der Waals surface area contributed by atoms with Gasteiger partial charge in [0.1, 0.15) is 5.52 Å². The van der Waals surface area contributed by atoms with Gasteiger partial charge in [0, 0.05) is 42.9 Å². The fraction of sp³-hybridized carbons (Fsp3) is 0.577. The van der Waals surface area contributed by atoms with Crippen molar-refractivity contribution in [2.24, 2.45) is 5.92 Å². The van der Waals surface area contributed by atoms with Crippen molar-refractivity contribution in [2.75, 3.05) is 26.2 Å². The van der Waals surface area contributed by atoms with Gasteiger partial charge in [-0.15, -0.1) is 0 Å². The van der Waals surface area contributed by atoms with Crippen molar-refractivity contribution < 1.29 is 22.7 Å². The Kier molecular flexibility index (Phi) is 7.81. The highest BCUT2D eigenvalue weighted by Gasteiger charge is 2.25. The number of nitrogens with zero attached hydrogens (tertiary/aromatic N) is 3. The highest BCUT2D eigenvalue weighted by Crippen LogP contribution is 2.30. The molecule has 0 unspecified atom stereocenters. The zero-order valence-corrected chi connectivity index (χ0v) is 21.3. The second kappa shape index (κ2) is 11.2. The lowest BCUT2D eigenvalue weighted by Crippen LogP contribution is -2.38. The Morgan fingerprint density at radius 1 is 1.22 bits per heavy atom. The number of carbonyl (C=O) groups is 1. The van der Waals surface area contributed by atoms with E-state index < -0.39 is 13.0 Å². The standard InChI is InChI=1S/C26H32F2N4O3S/c1-16-29-20-7-4-18(14-22(20)35-16)25(33)30-19-5-2-17(3-6-19)8-11-32-12-9-21-23(10-13-32)36-26(31-21)34-15-24(27)28/h4,7,14,17,19,24H,2-3,5-6,8-13,15H2,1H3,(H,30,33)/t17-,19-. The number of aromatic nitrogens is 2. The van der Waals surface area contributed by atoms with Crippen LogP contribution in [-0.2, 0) is 12.8 Å². The highest BCUT2D eigenvalue weighted by atomic mass is 32.1. The average molecular weight is 519 g/mol. The molecule has 0 saturated heterocycles. The van der Waals surface area contributed by atoms with E-state index in [1.165, 1.54) is 11.3 Å². The Morgan fingerprint density at radius 2 is 2.03 bits per heavy atom. The van der Waals surface area contributed by atoms with Crippen LogP contribution in [0.3, 0.4) is 0 Å². The highest BCUT2D eigenvalue weighted by molar-refractivity contribution is 7.13. The van der Waals surface area contributed by atoms with Crippen molar-refractivity contribution >= 4 is 28.3 Å². The van der Waals surface area contributed by atoms with Gasteiger partial charge in [-0.05, 0) is 69.2 Å². The third-order valence-corrected chi connectivity index (χ3v) is 8.27. The molecule has 1 fully saturated rings. The van der Waals surface area contributed by atoms with E-state index >= 15 is 0 Å². The second-order valence-electron chi connectivity index (χ2n) is 9.79. The second-order valence-corrected chi connectivity index (χ2v) is 10.8. The lowest BCUT2D eigenvalue weighted by atomic mass is 9.84. The number of hydrogen-bond acceptors (Lipinski definition) is 7. The fourth-order valence-corrected chi connectivity index (χ4v) is 6.17. The number of fused-ring (bicyclic) bond motifs is 2. The van der Waals surface area contributed by atoms with Crippen LogP contribution in [0.25, 0.3) is 11.1 Å². The monoisotopic (exact) mass is 518 g/mol. The first kappa shape index (κ1) is 25.1. The molecule has 194 valence electrons. The van der Waals surface area contributed by atoms with E-state index in [0.717, 1.165) is 80.7 Å². The van der Waals surface area contributed by atoms with Gasteiger partial charge in [-0.25, -0.2) is 18.7 Å². The molecule has 1 aliphatic heterocycles. The van der Waals surface area contributed by atoms with Crippen LogP contribution < -0.4 is 10.1 Å². The van der Waals surface area contributed by atoms with Gasteiger partial charge in [-0.3, -0.25) is 4.79 Å².